The number of H-pyrrole nitrogens is 1. The predicted molar refractivity (Wildman–Crippen MR) is 95.8 cm³/mol. The lowest BCUT2D eigenvalue weighted by atomic mass is 9.92. The van der Waals surface area contributed by atoms with Crippen LogP contribution in [0.25, 0.3) is 10.9 Å². The molecule has 6 heteroatoms. The summed E-state index contributed by atoms with van der Waals surface area (Å²) >= 11 is 0. The Hall–Kier alpha value is -2.21. The van der Waals surface area contributed by atoms with Crippen LogP contribution in [0.1, 0.15) is 45.4 Å². The van der Waals surface area contributed by atoms with Crippen molar-refractivity contribution in [3.8, 4) is 0 Å². The molecule has 0 saturated carbocycles. The summed E-state index contributed by atoms with van der Waals surface area (Å²) in [5.74, 6) is 0.606. The van der Waals surface area contributed by atoms with Gasteiger partial charge in [-0.2, -0.15) is 0 Å². The van der Waals surface area contributed by atoms with E-state index in [2.05, 4.69) is 15.3 Å². The summed E-state index contributed by atoms with van der Waals surface area (Å²) in [4.78, 5) is 31.4. The molecule has 4 N–H and O–H groups in total. The van der Waals surface area contributed by atoms with Crippen LogP contribution in [0.3, 0.4) is 0 Å². The molecule has 0 aliphatic rings. The number of fused-ring (bicyclic) bond motifs is 1. The van der Waals surface area contributed by atoms with Gasteiger partial charge in [-0.25, -0.2) is 4.98 Å². The molecule has 6 nitrogen and oxygen atoms in total. The molecule has 0 radical (unpaired) electrons. The second-order valence-electron chi connectivity index (χ2n) is 6.12. The quantitative estimate of drug-likeness (QED) is 0.688. The number of carbonyl (C=O) groups is 1. The Kier molecular flexibility index (Phi) is 6.09. The Morgan fingerprint density at radius 3 is 2.67 bits per heavy atom. The van der Waals surface area contributed by atoms with E-state index in [1.807, 2.05) is 32.0 Å². The van der Waals surface area contributed by atoms with Gasteiger partial charge >= 0.3 is 0 Å². The van der Waals surface area contributed by atoms with Crippen LogP contribution in [0.2, 0.25) is 0 Å². The third-order valence-corrected chi connectivity index (χ3v) is 4.63. The number of amides is 1. The predicted octanol–water partition coefficient (Wildman–Crippen LogP) is 1.88. The van der Waals surface area contributed by atoms with Crippen molar-refractivity contribution in [3.63, 3.8) is 0 Å². The minimum absolute atomic E-state index is 0.00714. The van der Waals surface area contributed by atoms with Crippen LogP contribution in [-0.4, -0.2) is 28.0 Å². The van der Waals surface area contributed by atoms with E-state index < -0.39 is 0 Å². The van der Waals surface area contributed by atoms with Gasteiger partial charge in [-0.05, 0) is 31.4 Å². The number of nitrogens with two attached hydrogens (primary N) is 1. The largest absolute Gasteiger partial charge is 0.349 e. The molecule has 130 valence electrons. The van der Waals surface area contributed by atoms with Crippen molar-refractivity contribution in [2.75, 3.05) is 6.54 Å². The van der Waals surface area contributed by atoms with E-state index in [0.717, 1.165) is 12.8 Å². The summed E-state index contributed by atoms with van der Waals surface area (Å²) < 4.78 is 0. The average Bonchev–Trinajstić information content (AvgIpc) is 2.60. The molecule has 0 spiro atoms. The highest BCUT2D eigenvalue weighted by Gasteiger charge is 2.25. The third-order valence-electron chi connectivity index (χ3n) is 4.63. The Labute approximate surface area is 141 Å². The smallest absolute Gasteiger partial charge is 0.258 e. The highest BCUT2D eigenvalue weighted by molar-refractivity contribution is 5.77. The summed E-state index contributed by atoms with van der Waals surface area (Å²) in [7, 11) is 0. The Bertz CT molecular complexity index is 742. The number of hydrogen-bond donors (Lipinski definition) is 3. The van der Waals surface area contributed by atoms with Crippen molar-refractivity contribution in [2.45, 2.75) is 51.5 Å². The summed E-state index contributed by atoms with van der Waals surface area (Å²) in [6.45, 7) is 4.49. The van der Waals surface area contributed by atoms with Crippen LogP contribution < -0.4 is 16.6 Å². The Morgan fingerprint density at radius 1 is 1.29 bits per heavy atom. The van der Waals surface area contributed by atoms with Crippen molar-refractivity contribution >= 4 is 16.8 Å². The van der Waals surface area contributed by atoms with Gasteiger partial charge in [-0.15, -0.1) is 0 Å². The monoisotopic (exact) mass is 330 g/mol. The maximum absolute atomic E-state index is 12.1. The van der Waals surface area contributed by atoms with Crippen LogP contribution in [0.15, 0.2) is 29.1 Å². The maximum Gasteiger partial charge on any atom is 0.258 e. The summed E-state index contributed by atoms with van der Waals surface area (Å²) in [5, 5.41) is 3.63. The number of carbonyl (C=O) groups excluding carboxylic acids is 1. The molecule has 0 aliphatic carbocycles. The number of rotatable bonds is 8. The lowest BCUT2D eigenvalue weighted by Crippen LogP contribution is -2.52. The van der Waals surface area contributed by atoms with Crippen LogP contribution >= 0.6 is 0 Å². The molecule has 24 heavy (non-hydrogen) atoms. The zero-order valence-electron chi connectivity index (χ0n) is 14.4. The van der Waals surface area contributed by atoms with E-state index >= 15 is 0 Å². The molecule has 0 bridgehead atoms. The van der Waals surface area contributed by atoms with E-state index in [1.165, 1.54) is 0 Å². The minimum atomic E-state index is -0.313. The summed E-state index contributed by atoms with van der Waals surface area (Å²) in [6.07, 6.45) is 3.19. The Morgan fingerprint density at radius 2 is 2.00 bits per heavy atom. The fourth-order valence-electron chi connectivity index (χ4n) is 2.79. The number of aromatic amines is 1. The lowest BCUT2D eigenvalue weighted by Gasteiger charge is -2.31. The molecule has 0 saturated heterocycles. The van der Waals surface area contributed by atoms with Crippen LogP contribution in [0.4, 0.5) is 0 Å². The molecule has 1 aromatic heterocycles. The van der Waals surface area contributed by atoms with Gasteiger partial charge in [0.2, 0.25) is 5.91 Å². The van der Waals surface area contributed by atoms with Gasteiger partial charge in [0.25, 0.3) is 5.56 Å². The first-order valence-corrected chi connectivity index (χ1v) is 8.52. The summed E-state index contributed by atoms with van der Waals surface area (Å²) in [5.41, 5.74) is 6.03. The van der Waals surface area contributed by atoms with E-state index in [9.17, 15) is 9.59 Å². The van der Waals surface area contributed by atoms with Crippen molar-refractivity contribution in [3.05, 3.63) is 40.4 Å². The highest BCUT2D eigenvalue weighted by atomic mass is 16.1. The molecule has 0 atom stereocenters. The van der Waals surface area contributed by atoms with E-state index in [1.54, 1.807) is 6.07 Å². The van der Waals surface area contributed by atoms with Crippen molar-refractivity contribution in [2.24, 2.45) is 5.73 Å². The first kappa shape index (κ1) is 18.1. The van der Waals surface area contributed by atoms with Gasteiger partial charge in [0.15, 0.2) is 0 Å². The third kappa shape index (κ3) is 4.20. The molecular weight excluding hydrogens is 304 g/mol. The fourth-order valence-corrected chi connectivity index (χ4v) is 2.79. The van der Waals surface area contributed by atoms with Crippen molar-refractivity contribution in [1.82, 2.24) is 15.3 Å². The van der Waals surface area contributed by atoms with Gasteiger partial charge in [0.1, 0.15) is 5.82 Å². The molecule has 0 unspecified atom stereocenters. The fraction of sp³-hybridized carbons (Fsp3) is 0.500. The van der Waals surface area contributed by atoms with Crippen LogP contribution in [0.5, 0.6) is 0 Å². The number of para-hydroxylation sites is 1. The molecule has 0 aliphatic heterocycles. The topological polar surface area (TPSA) is 101 Å². The van der Waals surface area contributed by atoms with Gasteiger partial charge in [-0.1, -0.05) is 26.0 Å². The first-order chi connectivity index (χ1) is 11.5. The SMILES string of the molecule is CCC(CC)(CN)NC(=O)CCCc1nc2ccccc2c(=O)[nH]1. The number of hydrogen-bond acceptors (Lipinski definition) is 4. The lowest BCUT2D eigenvalue weighted by molar-refractivity contribution is -0.123. The van der Waals surface area contributed by atoms with Crippen LogP contribution in [0, 0.1) is 0 Å². The van der Waals surface area contributed by atoms with Gasteiger partial charge in [0.05, 0.1) is 16.4 Å². The number of aromatic nitrogens is 2. The minimum Gasteiger partial charge on any atom is -0.349 e. The molecule has 2 aromatic rings. The Balaban J connectivity index is 1.95. The van der Waals surface area contributed by atoms with E-state index in [0.29, 0.717) is 42.5 Å². The number of aryl methyl sites for hydroxylation is 1. The molecule has 2 rings (SSSR count). The molecular formula is C18H26N4O2. The molecule has 1 amide bonds. The van der Waals surface area contributed by atoms with Gasteiger partial charge < -0.3 is 16.0 Å². The zero-order chi connectivity index (χ0) is 17.6. The van der Waals surface area contributed by atoms with E-state index in [-0.39, 0.29) is 17.0 Å². The second-order valence-corrected chi connectivity index (χ2v) is 6.12. The molecule has 0 fully saturated rings. The normalized spacial score (nSPS) is 11.6. The number of nitrogens with zero attached hydrogens (tertiary/aromatic N) is 1. The number of benzene rings is 1. The zero-order valence-corrected chi connectivity index (χ0v) is 14.4. The van der Waals surface area contributed by atoms with Crippen molar-refractivity contribution < 1.29 is 4.79 Å². The first-order valence-electron chi connectivity index (χ1n) is 8.52. The van der Waals surface area contributed by atoms with E-state index in [4.69, 9.17) is 5.73 Å². The average molecular weight is 330 g/mol. The summed E-state index contributed by atoms with van der Waals surface area (Å²) in [6, 6.07) is 7.24. The molecule has 1 heterocycles. The van der Waals surface area contributed by atoms with Crippen LogP contribution in [-0.2, 0) is 11.2 Å². The second kappa shape index (κ2) is 8.06. The highest BCUT2D eigenvalue weighted by Crippen LogP contribution is 2.14. The van der Waals surface area contributed by atoms with Gasteiger partial charge in [0, 0.05) is 19.4 Å². The standard InChI is InChI=1S/C18H26N4O2/c1-3-18(4-2,12-19)22-16(23)11-7-10-15-20-14-9-6-5-8-13(14)17(24)21-15/h5-6,8-9H,3-4,7,10-12,19H2,1-2H3,(H,22,23)(H,20,21,24). The van der Waals surface area contributed by atoms with Crippen molar-refractivity contribution in [1.29, 1.82) is 0 Å². The molecule has 1 aromatic carbocycles. The maximum atomic E-state index is 12.1. The van der Waals surface area contributed by atoms with Gasteiger partial charge in [-0.3, -0.25) is 9.59 Å². The number of nitrogens with one attached hydrogen (secondary N) is 2.